The first kappa shape index (κ1) is 16.0. The van der Waals surface area contributed by atoms with Gasteiger partial charge in [-0.25, -0.2) is 0 Å². The van der Waals surface area contributed by atoms with E-state index in [0.29, 0.717) is 22.5 Å². The molecule has 0 saturated heterocycles. The lowest BCUT2D eigenvalue weighted by molar-refractivity contribution is -0.117. The molecule has 3 aromatic rings. The summed E-state index contributed by atoms with van der Waals surface area (Å²) in [5.41, 5.74) is 0.792. The molecular weight excluding hydrogens is 330 g/mol. The van der Waals surface area contributed by atoms with Crippen LogP contribution in [0.1, 0.15) is 29.1 Å². The summed E-state index contributed by atoms with van der Waals surface area (Å²) in [6, 6.07) is 10.0. The van der Waals surface area contributed by atoms with Gasteiger partial charge in [0.2, 0.25) is 11.8 Å². The predicted octanol–water partition coefficient (Wildman–Crippen LogP) is 3.54. The number of carbonyl (C=O) groups is 1. The monoisotopic (exact) mass is 343 g/mol. The summed E-state index contributed by atoms with van der Waals surface area (Å²) in [6.07, 6.45) is 4.50. The van der Waals surface area contributed by atoms with Crippen molar-refractivity contribution in [3.63, 3.8) is 0 Å². The second-order valence-corrected chi connectivity index (χ2v) is 5.45. The molecule has 2 aromatic heterocycles. The number of rotatable bonds is 5. The highest BCUT2D eigenvalue weighted by Gasteiger charge is 2.21. The summed E-state index contributed by atoms with van der Waals surface area (Å²) in [6.45, 7) is 1.69. The number of amides is 1. The topological polar surface area (TPSA) is 81.2 Å². The molecule has 7 heteroatoms. The molecule has 1 aromatic carbocycles. The number of halogens is 1. The molecule has 122 valence electrons. The minimum atomic E-state index is -0.548. The zero-order valence-corrected chi connectivity index (χ0v) is 13.5. The van der Waals surface area contributed by atoms with Crippen molar-refractivity contribution in [2.75, 3.05) is 0 Å². The van der Waals surface area contributed by atoms with E-state index in [1.54, 1.807) is 49.4 Å². The number of nitrogens with zero attached hydrogens (tertiary/aromatic N) is 2. The molecule has 0 saturated carbocycles. The first-order valence-electron chi connectivity index (χ1n) is 7.19. The third-order valence-electron chi connectivity index (χ3n) is 3.23. The molecule has 3 rings (SSSR count). The van der Waals surface area contributed by atoms with Gasteiger partial charge in [0.15, 0.2) is 5.82 Å². The second kappa shape index (κ2) is 7.14. The maximum absolute atomic E-state index is 12.2. The van der Waals surface area contributed by atoms with Gasteiger partial charge in [0, 0.05) is 18.0 Å². The van der Waals surface area contributed by atoms with Gasteiger partial charge in [-0.3, -0.25) is 4.79 Å². The number of nitrogens with one attached hydrogen (secondary N) is 1. The van der Waals surface area contributed by atoms with E-state index in [1.807, 2.05) is 0 Å². The molecule has 1 amide bonds. The average molecular weight is 344 g/mol. The summed E-state index contributed by atoms with van der Waals surface area (Å²) in [7, 11) is 0. The molecule has 0 aliphatic rings. The highest BCUT2D eigenvalue weighted by molar-refractivity contribution is 6.30. The van der Waals surface area contributed by atoms with Gasteiger partial charge >= 0.3 is 0 Å². The van der Waals surface area contributed by atoms with Crippen molar-refractivity contribution in [3.8, 4) is 0 Å². The summed E-state index contributed by atoms with van der Waals surface area (Å²) in [5, 5.41) is 7.35. The van der Waals surface area contributed by atoms with Gasteiger partial charge in [-0.15, -0.1) is 0 Å². The first-order valence-corrected chi connectivity index (χ1v) is 7.57. The van der Waals surface area contributed by atoms with E-state index >= 15 is 0 Å². The number of hydrogen-bond acceptors (Lipinski definition) is 5. The van der Waals surface area contributed by atoms with E-state index in [9.17, 15) is 4.79 Å². The van der Waals surface area contributed by atoms with Crippen molar-refractivity contribution in [1.29, 1.82) is 0 Å². The SMILES string of the molecule is Cc1nc(C(NC(=O)C=Cc2ccco2)c2ccc(Cl)cc2)no1. The third kappa shape index (κ3) is 3.91. The highest BCUT2D eigenvalue weighted by atomic mass is 35.5. The number of benzene rings is 1. The maximum Gasteiger partial charge on any atom is 0.244 e. The summed E-state index contributed by atoms with van der Waals surface area (Å²) in [4.78, 5) is 16.4. The van der Waals surface area contributed by atoms with Crippen molar-refractivity contribution in [1.82, 2.24) is 15.5 Å². The van der Waals surface area contributed by atoms with Gasteiger partial charge in [0.25, 0.3) is 0 Å². The summed E-state index contributed by atoms with van der Waals surface area (Å²) < 4.78 is 10.2. The van der Waals surface area contributed by atoms with Gasteiger partial charge in [-0.1, -0.05) is 28.9 Å². The fraction of sp³-hybridized carbons (Fsp3) is 0.118. The Kier molecular flexibility index (Phi) is 4.77. The Bertz CT molecular complexity index is 838. The molecule has 0 radical (unpaired) electrons. The van der Waals surface area contributed by atoms with Crippen LogP contribution < -0.4 is 5.32 Å². The standard InChI is InChI=1S/C17H14ClN3O3/c1-11-19-17(21-24-11)16(12-4-6-13(18)7-5-12)20-15(22)9-8-14-3-2-10-23-14/h2-10,16H,1H3,(H,20,22). The first-order chi connectivity index (χ1) is 11.6. The average Bonchev–Trinajstić information content (AvgIpc) is 3.23. The number of furan rings is 1. The molecule has 1 unspecified atom stereocenters. The van der Waals surface area contributed by atoms with Crippen LogP contribution in [0.25, 0.3) is 6.08 Å². The second-order valence-electron chi connectivity index (χ2n) is 5.01. The van der Waals surface area contributed by atoms with Crippen LogP contribution in [-0.4, -0.2) is 16.0 Å². The van der Waals surface area contributed by atoms with Crippen LogP contribution in [0.4, 0.5) is 0 Å². The lowest BCUT2D eigenvalue weighted by Gasteiger charge is -2.14. The maximum atomic E-state index is 12.2. The van der Waals surface area contributed by atoms with E-state index in [2.05, 4.69) is 15.5 Å². The normalized spacial score (nSPS) is 12.4. The van der Waals surface area contributed by atoms with Crippen molar-refractivity contribution in [3.05, 3.63) is 76.8 Å². The Hall–Kier alpha value is -2.86. The fourth-order valence-corrected chi connectivity index (χ4v) is 2.24. The van der Waals surface area contributed by atoms with E-state index in [0.717, 1.165) is 5.56 Å². The van der Waals surface area contributed by atoms with Crippen molar-refractivity contribution < 1.29 is 13.7 Å². The number of carbonyl (C=O) groups excluding carboxylic acids is 1. The Morgan fingerprint density at radius 3 is 2.71 bits per heavy atom. The van der Waals surface area contributed by atoms with Crippen LogP contribution >= 0.6 is 11.6 Å². The van der Waals surface area contributed by atoms with Crippen LogP contribution in [-0.2, 0) is 4.79 Å². The molecule has 6 nitrogen and oxygen atoms in total. The van der Waals surface area contributed by atoms with Gasteiger partial charge in [-0.05, 0) is 35.9 Å². The Morgan fingerprint density at radius 2 is 2.08 bits per heavy atom. The smallest absolute Gasteiger partial charge is 0.244 e. The molecule has 24 heavy (non-hydrogen) atoms. The van der Waals surface area contributed by atoms with E-state index in [-0.39, 0.29) is 5.91 Å². The van der Waals surface area contributed by atoms with Crippen LogP contribution in [0, 0.1) is 6.92 Å². The van der Waals surface area contributed by atoms with Crippen molar-refractivity contribution >= 4 is 23.6 Å². The molecule has 1 atom stereocenters. The molecule has 1 N–H and O–H groups in total. The zero-order chi connectivity index (χ0) is 16.9. The summed E-state index contributed by atoms with van der Waals surface area (Å²) in [5.74, 6) is 1.07. The van der Waals surface area contributed by atoms with E-state index in [4.69, 9.17) is 20.5 Å². The van der Waals surface area contributed by atoms with Gasteiger partial charge in [0.05, 0.1) is 6.26 Å². The lowest BCUT2D eigenvalue weighted by Crippen LogP contribution is -2.28. The molecule has 0 bridgehead atoms. The fourth-order valence-electron chi connectivity index (χ4n) is 2.12. The molecule has 0 aliphatic heterocycles. The quantitative estimate of drug-likeness (QED) is 0.716. The minimum Gasteiger partial charge on any atom is -0.465 e. The van der Waals surface area contributed by atoms with Crippen LogP contribution in [0.15, 0.2) is 57.7 Å². The Morgan fingerprint density at radius 1 is 1.29 bits per heavy atom. The zero-order valence-electron chi connectivity index (χ0n) is 12.8. The molecule has 2 heterocycles. The minimum absolute atomic E-state index is 0.311. The van der Waals surface area contributed by atoms with Crippen molar-refractivity contribution in [2.45, 2.75) is 13.0 Å². The number of aromatic nitrogens is 2. The summed E-state index contributed by atoms with van der Waals surface area (Å²) >= 11 is 5.92. The molecule has 0 spiro atoms. The Balaban J connectivity index is 1.82. The van der Waals surface area contributed by atoms with Crippen LogP contribution in [0.2, 0.25) is 5.02 Å². The number of hydrogen-bond donors (Lipinski definition) is 1. The molecular formula is C17H14ClN3O3. The van der Waals surface area contributed by atoms with Gasteiger partial charge < -0.3 is 14.3 Å². The predicted molar refractivity (Wildman–Crippen MR) is 88.2 cm³/mol. The van der Waals surface area contributed by atoms with E-state index < -0.39 is 6.04 Å². The largest absolute Gasteiger partial charge is 0.465 e. The molecule has 0 aliphatic carbocycles. The van der Waals surface area contributed by atoms with Crippen LogP contribution in [0.3, 0.4) is 0 Å². The van der Waals surface area contributed by atoms with Crippen molar-refractivity contribution in [2.24, 2.45) is 0 Å². The highest BCUT2D eigenvalue weighted by Crippen LogP contribution is 2.21. The third-order valence-corrected chi connectivity index (χ3v) is 3.49. The van der Waals surface area contributed by atoms with E-state index in [1.165, 1.54) is 12.3 Å². The Labute approximate surface area is 143 Å². The molecule has 0 fully saturated rings. The van der Waals surface area contributed by atoms with Gasteiger partial charge in [0.1, 0.15) is 11.8 Å². The number of aryl methyl sites for hydroxylation is 1. The van der Waals surface area contributed by atoms with Gasteiger partial charge in [-0.2, -0.15) is 4.98 Å². The van der Waals surface area contributed by atoms with Crippen LogP contribution in [0.5, 0.6) is 0 Å². The lowest BCUT2D eigenvalue weighted by atomic mass is 10.1.